The summed E-state index contributed by atoms with van der Waals surface area (Å²) >= 11 is 0. The molecule has 2 aromatic rings. The molecule has 0 bridgehead atoms. The first-order chi connectivity index (χ1) is 7.38. The van der Waals surface area contributed by atoms with Gasteiger partial charge in [0.2, 0.25) is 0 Å². The first-order valence-electron chi connectivity index (χ1n) is 4.10. The summed E-state index contributed by atoms with van der Waals surface area (Å²) in [5.41, 5.74) is 0.295. The molecule has 0 saturated heterocycles. The van der Waals surface area contributed by atoms with E-state index in [0.29, 0.717) is 4.20 Å². The third-order valence-electron chi connectivity index (χ3n) is 1.85. The summed E-state index contributed by atoms with van der Waals surface area (Å²) in [5.74, 6) is 0. The van der Waals surface area contributed by atoms with Crippen molar-refractivity contribution >= 4 is 26.7 Å². The van der Waals surface area contributed by atoms with Gasteiger partial charge in [0.25, 0.3) is 15.7 Å². The molecular weight excluding hydrogens is 236 g/mol. The van der Waals surface area contributed by atoms with Crippen molar-refractivity contribution in [2.45, 2.75) is 0 Å². The average molecular weight is 242 g/mol. The molecule has 1 aromatic carbocycles. The van der Waals surface area contributed by atoms with Crippen LogP contribution in [0.15, 0.2) is 18.2 Å². The van der Waals surface area contributed by atoms with Crippen LogP contribution in [0.4, 0.5) is 5.69 Å². The summed E-state index contributed by atoms with van der Waals surface area (Å²) < 4.78 is 22.8. The first-order valence-corrected chi connectivity index (χ1v) is 5.95. The summed E-state index contributed by atoms with van der Waals surface area (Å²) in [6.07, 6.45) is 0.945. The van der Waals surface area contributed by atoms with E-state index in [9.17, 15) is 18.5 Å². The van der Waals surface area contributed by atoms with Gasteiger partial charge in [0.1, 0.15) is 11.0 Å². The molecule has 2 rings (SSSR count). The SMILES string of the molecule is CS(=O)(=O)n1nc2ccc([N+](=O)[O-])cc2n1. The Hall–Kier alpha value is -2.03. The molecule has 0 N–H and O–H groups in total. The van der Waals surface area contributed by atoms with Crippen molar-refractivity contribution in [1.29, 1.82) is 0 Å². The number of nitro benzene ring substituents is 1. The molecule has 0 amide bonds. The normalized spacial score (nSPS) is 11.8. The van der Waals surface area contributed by atoms with E-state index in [2.05, 4.69) is 10.2 Å². The molecule has 0 aliphatic rings. The standard InChI is InChI=1S/C7H6N4O4S/c1-16(14,15)11-8-6-3-2-5(10(12)13)4-7(6)9-11/h2-4H,1H3. The van der Waals surface area contributed by atoms with E-state index in [1.54, 1.807) is 0 Å². The number of rotatable bonds is 2. The highest BCUT2D eigenvalue weighted by Crippen LogP contribution is 2.17. The Balaban J connectivity index is 2.68. The van der Waals surface area contributed by atoms with E-state index in [0.717, 1.165) is 6.26 Å². The van der Waals surface area contributed by atoms with Gasteiger partial charge in [0.15, 0.2) is 0 Å². The summed E-state index contributed by atoms with van der Waals surface area (Å²) in [6, 6.07) is 3.76. The van der Waals surface area contributed by atoms with Gasteiger partial charge in [-0.05, 0) is 6.07 Å². The number of nitrogens with zero attached hydrogens (tertiary/aromatic N) is 4. The van der Waals surface area contributed by atoms with Crippen LogP contribution in [0.25, 0.3) is 11.0 Å². The van der Waals surface area contributed by atoms with Crippen molar-refractivity contribution in [2.24, 2.45) is 0 Å². The minimum Gasteiger partial charge on any atom is -0.258 e. The molecular formula is C7H6N4O4S. The zero-order chi connectivity index (χ0) is 11.9. The van der Waals surface area contributed by atoms with Gasteiger partial charge in [-0.1, -0.05) is 4.20 Å². The van der Waals surface area contributed by atoms with Crippen LogP contribution in [0.2, 0.25) is 0 Å². The molecule has 0 aliphatic heterocycles. The van der Waals surface area contributed by atoms with Gasteiger partial charge in [0.05, 0.1) is 11.2 Å². The van der Waals surface area contributed by atoms with E-state index in [1.807, 2.05) is 0 Å². The molecule has 1 heterocycles. The lowest BCUT2D eigenvalue weighted by atomic mass is 10.3. The molecule has 84 valence electrons. The molecule has 9 heteroatoms. The van der Waals surface area contributed by atoms with E-state index < -0.39 is 14.9 Å². The molecule has 16 heavy (non-hydrogen) atoms. The predicted octanol–water partition coefficient (Wildman–Crippen LogP) is 0.147. The summed E-state index contributed by atoms with van der Waals surface area (Å²) in [4.78, 5) is 9.90. The number of fused-ring (bicyclic) bond motifs is 1. The Morgan fingerprint density at radius 1 is 1.31 bits per heavy atom. The third-order valence-corrected chi connectivity index (χ3v) is 2.61. The fourth-order valence-corrected chi connectivity index (χ4v) is 1.62. The van der Waals surface area contributed by atoms with E-state index in [4.69, 9.17) is 0 Å². The Labute approximate surface area is 89.7 Å². The smallest absolute Gasteiger partial charge is 0.258 e. The second-order valence-corrected chi connectivity index (χ2v) is 4.91. The second-order valence-electron chi connectivity index (χ2n) is 3.12. The van der Waals surface area contributed by atoms with Crippen molar-refractivity contribution < 1.29 is 13.3 Å². The van der Waals surface area contributed by atoms with E-state index >= 15 is 0 Å². The van der Waals surface area contributed by atoms with Crippen molar-refractivity contribution in [3.8, 4) is 0 Å². The fourth-order valence-electron chi connectivity index (χ4n) is 1.15. The Morgan fingerprint density at radius 2 is 1.94 bits per heavy atom. The molecule has 0 aliphatic carbocycles. The van der Waals surface area contributed by atoms with Crippen LogP contribution in [0.3, 0.4) is 0 Å². The van der Waals surface area contributed by atoms with Gasteiger partial charge in [-0.25, -0.2) is 8.42 Å². The Kier molecular flexibility index (Phi) is 2.12. The molecule has 8 nitrogen and oxygen atoms in total. The lowest BCUT2D eigenvalue weighted by Crippen LogP contribution is -2.13. The van der Waals surface area contributed by atoms with Crippen LogP contribution >= 0.6 is 0 Å². The minimum absolute atomic E-state index is 0.159. The maximum atomic E-state index is 11.1. The highest BCUT2D eigenvalue weighted by Gasteiger charge is 2.13. The van der Waals surface area contributed by atoms with Crippen molar-refractivity contribution in [1.82, 2.24) is 14.4 Å². The van der Waals surface area contributed by atoms with Gasteiger partial charge >= 0.3 is 0 Å². The molecule has 0 fully saturated rings. The number of hydrogen-bond acceptors (Lipinski definition) is 6. The Bertz CT molecular complexity index is 675. The topological polar surface area (TPSA) is 108 Å². The molecule has 0 radical (unpaired) electrons. The average Bonchev–Trinajstić information content (AvgIpc) is 2.58. The third kappa shape index (κ3) is 1.72. The van der Waals surface area contributed by atoms with Crippen molar-refractivity contribution in [2.75, 3.05) is 6.26 Å². The van der Waals surface area contributed by atoms with Gasteiger partial charge in [-0.3, -0.25) is 10.1 Å². The number of benzene rings is 1. The number of aromatic nitrogens is 3. The largest absolute Gasteiger partial charge is 0.271 e. The zero-order valence-electron chi connectivity index (χ0n) is 8.06. The second kappa shape index (κ2) is 3.23. The Morgan fingerprint density at radius 3 is 2.50 bits per heavy atom. The van der Waals surface area contributed by atoms with Crippen molar-refractivity contribution in [3.05, 3.63) is 28.3 Å². The molecule has 0 saturated carbocycles. The van der Waals surface area contributed by atoms with Crippen molar-refractivity contribution in [3.63, 3.8) is 0 Å². The first kappa shape index (κ1) is 10.5. The van der Waals surface area contributed by atoms with Crippen LogP contribution in [-0.2, 0) is 10.0 Å². The number of non-ortho nitro benzene ring substituents is 1. The summed E-state index contributed by atoms with van der Waals surface area (Å²) in [6.45, 7) is 0. The number of nitro groups is 1. The summed E-state index contributed by atoms with van der Waals surface area (Å²) in [5, 5.41) is 17.8. The maximum absolute atomic E-state index is 11.1. The van der Waals surface area contributed by atoms with Gasteiger partial charge < -0.3 is 0 Å². The van der Waals surface area contributed by atoms with Crippen LogP contribution in [0.1, 0.15) is 0 Å². The quantitative estimate of drug-likeness (QED) is 0.547. The van der Waals surface area contributed by atoms with Crippen LogP contribution < -0.4 is 0 Å². The van der Waals surface area contributed by atoms with Gasteiger partial charge in [-0.15, -0.1) is 10.2 Å². The molecule has 0 spiro atoms. The fraction of sp³-hybridized carbons (Fsp3) is 0.143. The van der Waals surface area contributed by atoms with E-state index in [1.165, 1.54) is 18.2 Å². The monoisotopic (exact) mass is 242 g/mol. The minimum atomic E-state index is -3.57. The van der Waals surface area contributed by atoms with Gasteiger partial charge in [-0.2, -0.15) is 0 Å². The zero-order valence-corrected chi connectivity index (χ0v) is 8.88. The number of hydrogen-bond donors (Lipinski definition) is 0. The van der Waals surface area contributed by atoms with Crippen LogP contribution in [-0.4, -0.2) is 34.0 Å². The summed E-state index contributed by atoms with van der Waals surface area (Å²) in [7, 11) is -3.57. The lowest BCUT2D eigenvalue weighted by Gasteiger charge is -1.90. The van der Waals surface area contributed by atoms with Gasteiger partial charge in [0, 0.05) is 12.1 Å². The predicted molar refractivity (Wildman–Crippen MR) is 54.4 cm³/mol. The highest BCUT2D eigenvalue weighted by atomic mass is 32.2. The van der Waals surface area contributed by atoms with E-state index in [-0.39, 0.29) is 16.7 Å². The van der Waals surface area contributed by atoms with Crippen LogP contribution in [0.5, 0.6) is 0 Å². The molecule has 1 aromatic heterocycles. The van der Waals surface area contributed by atoms with Crippen LogP contribution in [0, 0.1) is 10.1 Å². The lowest BCUT2D eigenvalue weighted by molar-refractivity contribution is -0.384. The maximum Gasteiger partial charge on any atom is 0.271 e. The molecule has 0 atom stereocenters. The molecule has 0 unspecified atom stereocenters. The highest BCUT2D eigenvalue weighted by molar-refractivity contribution is 7.88.